The molecular weight excluding hydrogens is 210 g/mol. The van der Waals surface area contributed by atoms with Gasteiger partial charge in [-0.1, -0.05) is 13.8 Å². The standard InChI is InChI=1S/C14H23N3/c1-3-10-4-5-11-12(10)17-13(16-11)14(2)6-8-15-9-7-14/h10,15H,3-9H2,1-2H3,(H,16,17). The van der Waals surface area contributed by atoms with Gasteiger partial charge in [-0.05, 0) is 45.2 Å². The summed E-state index contributed by atoms with van der Waals surface area (Å²) in [7, 11) is 0. The van der Waals surface area contributed by atoms with Crippen molar-refractivity contribution in [3.8, 4) is 0 Å². The zero-order valence-corrected chi connectivity index (χ0v) is 11.0. The van der Waals surface area contributed by atoms with Crippen LogP contribution < -0.4 is 5.32 Å². The lowest BCUT2D eigenvalue weighted by atomic mass is 9.80. The second-order valence-corrected chi connectivity index (χ2v) is 5.90. The number of aromatic amines is 1. The maximum absolute atomic E-state index is 4.96. The number of piperidine rings is 1. The van der Waals surface area contributed by atoms with Crippen molar-refractivity contribution in [2.75, 3.05) is 13.1 Å². The Hall–Kier alpha value is -0.830. The second kappa shape index (κ2) is 4.13. The highest BCUT2D eigenvalue weighted by molar-refractivity contribution is 5.27. The van der Waals surface area contributed by atoms with Gasteiger partial charge in [-0.3, -0.25) is 0 Å². The largest absolute Gasteiger partial charge is 0.345 e. The second-order valence-electron chi connectivity index (χ2n) is 5.90. The van der Waals surface area contributed by atoms with E-state index in [-0.39, 0.29) is 5.41 Å². The Bertz CT molecular complexity index is 402. The molecule has 2 aliphatic rings. The Kier molecular flexibility index (Phi) is 2.74. The number of H-pyrrole nitrogens is 1. The van der Waals surface area contributed by atoms with Crippen LogP contribution in [0, 0.1) is 0 Å². The summed E-state index contributed by atoms with van der Waals surface area (Å²) in [4.78, 5) is 8.58. The molecule has 94 valence electrons. The van der Waals surface area contributed by atoms with Gasteiger partial charge in [-0.25, -0.2) is 4.98 Å². The molecule has 1 aromatic heterocycles. The van der Waals surface area contributed by atoms with Crippen LogP contribution >= 0.6 is 0 Å². The molecule has 0 radical (unpaired) electrons. The molecule has 0 saturated carbocycles. The highest BCUT2D eigenvalue weighted by atomic mass is 15.0. The predicted octanol–water partition coefficient (Wildman–Crippen LogP) is 2.49. The smallest absolute Gasteiger partial charge is 0.112 e. The van der Waals surface area contributed by atoms with Crippen LogP contribution in [-0.4, -0.2) is 23.1 Å². The number of imidazole rings is 1. The summed E-state index contributed by atoms with van der Waals surface area (Å²) in [6.45, 7) is 6.89. The van der Waals surface area contributed by atoms with Gasteiger partial charge in [0.2, 0.25) is 0 Å². The van der Waals surface area contributed by atoms with E-state index in [9.17, 15) is 0 Å². The van der Waals surface area contributed by atoms with Crippen molar-refractivity contribution in [3.63, 3.8) is 0 Å². The normalized spacial score (nSPS) is 27.1. The molecule has 0 amide bonds. The molecule has 0 spiro atoms. The molecule has 1 saturated heterocycles. The van der Waals surface area contributed by atoms with Crippen molar-refractivity contribution in [1.82, 2.24) is 15.3 Å². The number of rotatable bonds is 2. The molecule has 17 heavy (non-hydrogen) atoms. The lowest BCUT2D eigenvalue weighted by molar-refractivity contribution is 0.319. The fourth-order valence-electron chi connectivity index (χ4n) is 3.31. The van der Waals surface area contributed by atoms with E-state index in [1.807, 2.05) is 0 Å². The molecule has 3 heteroatoms. The summed E-state index contributed by atoms with van der Waals surface area (Å²) >= 11 is 0. The molecule has 2 N–H and O–H groups in total. The third-order valence-corrected chi connectivity index (χ3v) is 4.71. The molecule has 3 nitrogen and oxygen atoms in total. The van der Waals surface area contributed by atoms with Gasteiger partial charge in [-0.15, -0.1) is 0 Å². The zero-order chi connectivity index (χ0) is 11.9. The van der Waals surface area contributed by atoms with Crippen LogP contribution in [0.1, 0.15) is 62.7 Å². The fraction of sp³-hybridized carbons (Fsp3) is 0.786. The first-order valence-corrected chi connectivity index (χ1v) is 7.03. The lowest BCUT2D eigenvalue weighted by Crippen LogP contribution is -2.38. The van der Waals surface area contributed by atoms with Crippen LogP contribution in [0.4, 0.5) is 0 Å². The summed E-state index contributed by atoms with van der Waals surface area (Å²) in [6.07, 6.45) is 6.14. The highest BCUT2D eigenvalue weighted by Crippen LogP contribution is 2.38. The first kappa shape index (κ1) is 11.3. The van der Waals surface area contributed by atoms with E-state index in [4.69, 9.17) is 4.98 Å². The van der Waals surface area contributed by atoms with E-state index in [0.717, 1.165) is 13.1 Å². The number of aryl methyl sites for hydroxylation is 1. The summed E-state index contributed by atoms with van der Waals surface area (Å²) in [5, 5.41) is 3.44. The molecule has 3 rings (SSSR count). The van der Waals surface area contributed by atoms with E-state index in [1.54, 1.807) is 0 Å². The minimum absolute atomic E-state index is 0.272. The van der Waals surface area contributed by atoms with Crippen LogP contribution in [0.25, 0.3) is 0 Å². The third kappa shape index (κ3) is 1.81. The van der Waals surface area contributed by atoms with Gasteiger partial charge in [0.15, 0.2) is 0 Å². The topological polar surface area (TPSA) is 40.7 Å². The molecule has 1 aromatic rings. The van der Waals surface area contributed by atoms with E-state index in [1.165, 1.54) is 49.3 Å². The van der Waals surface area contributed by atoms with Crippen LogP contribution in [-0.2, 0) is 11.8 Å². The van der Waals surface area contributed by atoms with Gasteiger partial charge >= 0.3 is 0 Å². The van der Waals surface area contributed by atoms with Gasteiger partial charge in [0.25, 0.3) is 0 Å². The van der Waals surface area contributed by atoms with Crippen molar-refractivity contribution in [1.29, 1.82) is 0 Å². The van der Waals surface area contributed by atoms with Crippen LogP contribution in [0.15, 0.2) is 0 Å². The number of nitrogens with zero attached hydrogens (tertiary/aromatic N) is 1. The Balaban J connectivity index is 1.89. The number of hydrogen-bond donors (Lipinski definition) is 2. The maximum atomic E-state index is 4.96. The summed E-state index contributed by atoms with van der Waals surface area (Å²) in [5.74, 6) is 1.96. The van der Waals surface area contributed by atoms with Crippen molar-refractivity contribution in [2.45, 2.75) is 57.3 Å². The SMILES string of the molecule is CCC1CCc2[nH]c(C3(C)CCNCC3)nc21. The summed E-state index contributed by atoms with van der Waals surface area (Å²) in [6, 6.07) is 0. The quantitative estimate of drug-likeness (QED) is 0.824. The number of hydrogen-bond acceptors (Lipinski definition) is 2. The molecule has 1 fully saturated rings. The molecule has 0 aromatic carbocycles. The predicted molar refractivity (Wildman–Crippen MR) is 69.4 cm³/mol. The highest BCUT2D eigenvalue weighted by Gasteiger charge is 2.34. The van der Waals surface area contributed by atoms with Crippen molar-refractivity contribution in [2.24, 2.45) is 0 Å². The molecule has 1 atom stereocenters. The van der Waals surface area contributed by atoms with Gasteiger partial charge in [-0.2, -0.15) is 0 Å². The summed E-state index contributed by atoms with van der Waals surface area (Å²) in [5.41, 5.74) is 3.07. The zero-order valence-electron chi connectivity index (χ0n) is 11.0. The minimum Gasteiger partial charge on any atom is -0.345 e. The van der Waals surface area contributed by atoms with Crippen LogP contribution in [0.3, 0.4) is 0 Å². The number of fused-ring (bicyclic) bond motifs is 1. The van der Waals surface area contributed by atoms with Crippen molar-refractivity contribution < 1.29 is 0 Å². The van der Waals surface area contributed by atoms with E-state index in [2.05, 4.69) is 24.1 Å². The Labute approximate surface area is 103 Å². The average Bonchev–Trinajstić information content (AvgIpc) is 2.89. The van der Waals surface area contributed by atoms with Gasteiger partial charge in [0.1, 0.15) is 5.82 Å². The van der Waals surface area contributed by atoms with Crippen LogP contribution in [0.2, 0.25) is 0 Å². The molecule has 1 aliphatic heterocycles. The van der Waals surface area contributed by atoms with Crippen molar-refractivity contribution >= 4 is 0 Å². The van der Waals surface area contributed by atoms with Crippen LogP contribution in [0.5, 0.6) is 0 Å². The Morgan fingerprint density at radius 3 is 2.82 bits per heavy atom. The number of aromatic nitrogens is 2. The van der Waals surface area contributed by atoms with Gasteiger partial charge < -0.3 is 10.3 Å². The molecule has 2 heterocycles. The lowest BCUT2D eigenvalue weighted by Gasteiger charge is -2.32. The van der Waals surface area contributed by atoms with E-state index >= 15 is 0 Å². The van der Waals surface area contributed by atoms with E-state index < -0.39 is 0 Å². The van der Waals surface area contributed by atoms with Gasteiger partial charge in [0, 0.05) is 17.0 Å². The summed E-state index contributed by atoms with van der Waals surface area (Å²) < 4.78 is 0. The fourth-order valence-corrected chi connectivity index (χ4v) is 3.31. The first-order chi connectivity index (χ1) is 8.23. The molecule has 1 aliphatic carbocycles. The minimum atomic E-state index is 0.272. The molecular formula is C14H23N3. The Morgan fingerprint density at radius 2 is 2.12 bits per heavy atom. The van der Waals surface area contributed by atoms with E-state index in [0.29, 0.717) is 5.92 Å². The molecule has 1 unspecified atom stereocenters. The third-order valence-electron chi connectivity index (χ3n) is 4.71. The number of nitrogens with one attached hydrogen (secondary N) is 2. The van der Waals surface area contributed by atoms with Crippen molar-refractivity contribution in [3.05, 3.63) is 17.2 Å². The first-order valence-electron chi connectivity index (χ1n) is 7.03. The molecule has 0 bridgehead atoms. The average molecular weight is 233 g/mol. The van der Waals surface area contributed by atoms with Gasteiger partial charge in [0.05, 0.1) is 5.69 Å². The Morgan fingerprint density at radius 1 is 1.35 bits per heavy atom. The maximum Gasteiger partial charge on any atom is 0.112 e. The monoisotopic (exact) mass is 233 g/mol.